The molecule has 0 aliphatic rings. The topological polar surface area (TPSA) is 47.3 Å². The number of halogens is 3. The first kappa shape index (κ1) is 14.9. The third-order valence-corrected chi connectivity index (χ3v) is 2.68. The van der Waals surface area contributed by atoms with E-state index in [1.807, 2.05) is 32.0 Å². The van der Waals surface area contributed by atoms with E-state index in [1.54, 1.807) is 0 Å². The second-order valence-corrected chi connectivity index (χ2v) is 4.19. The van der Waals surface area contributed by atoms with Gasteiger partial charge in [0.25, 0.3) is 0 Å². The van der Waals surface area contributed by atoms with Gasteiger partial charge in [-0.05, 0) is 30.5 Å². The van der Waals surface area contributed by atoms with Crippen LogP contribution in [0.2, 0.25) is 0 Å². The molecule has 18 heavy (non-hydrogen) atoms. The maximum Gasteiger partial charge on any atom is 0.411 e. The molecule has 0 bridgehead atoms. The minimum Gasteiger partial charge on any atom is -0.370 e. The van der Waals surface area contributed by atoms with Crippen LogP contribution in [-0.2, 0) is 4.74 Å². The van der Waals surface area contributed by atoms with Crippen LogP contribution in [0.5, 0.6) is 0 Å². The van der Waals surface area contributed by atoms with Gasteiger partial charge in [-0.2, -0.15) is 13.2 Å². The first-order valence-corrected chi connectivity index (χ1v) is 5.51. The summed E-state index contributed by atoms with van der Waals surface area (Å²) >= 11 is 0. The van der Waals surface area contributed by atoms with Crippen molar-refractivity contribution in [2.75, 3.05) is 13.2 Å². The molecule has 3 nitrogen and oxygen atoms in total. The third-order valence-electron chi connectivity index (χ3n) is 2.68. The van der Waals surface area contributed by atoms with Crippen molar-refractivity contribution >= 4 is 0 Å². The number of ether oxygens (including phenoxy) is 1. The van der Waals surface area contributed by atoms with Gasteiger partial charge in [0.05, 0.1) is 12.6 Å². The average molecular weight is 262 g/mol. The Morgan fingerprint density at radius 2 is 1.94 bits per heavy atom. The van der Waals surface area contributed by atoms with Gasteiger partial charge in [0.15, 0.2) is 0 Å². The number of nitrogens with two attached hydrogens (primary N) is 1. The molecule has 1 unspecified atom stereocenters. The minimum atomic E-state index is -4.32. The monoisotopic (exact) mass is 262 g/mol. The average Bonchev–Trinajstić information content (AvgIpc) is 2.27. The molecule has 1 atom stereocenters. The number of rotatable bonds is 5. The van der Waals surface area contributed by atoms with Crippen LogP contribution in [0.25, 0.3) is 0 Å². The van der Waals surface area contributed by atoms with Gasteiger partial charge in [-0.1, -0.05) is 18.2 Å². The van der Waals surface area contributed by atoms with Crippen LogP contribution in [-0.4, -0.2) is 19.4 Å². The first-order chi connectivity index (χ1) is 8.33. The van der Waals surface area contributed by atoms with E-state index in [0.29, 0.717) is 0 Å². The standard InChI is InChI=1S/C12H17F3N2O/c1-8-3-4-10(5-9(8)2)11(17-16)6-18-7-12(13,14)15/h3-5,11,17H,6-7,16H2,1-2H3. The molecule has 0 radical (unpaired) electrons. The predicted molar refractivity (Wildman–Crippen MR) is 62.9 cm³/mol. The van der Waals surface area contributed by atoms with Gasteiger partial charge in [0.2, 0.25) is 0 Å². The molecule has 0 saturated heterocycles. The van der Waals surface area contributed by atoms with E-state index in [0.717, 1.165) is 16.7 Å². The molecule has 3 N–H and O–H groups in total. The van der Waals surface area contributed by atoms with Crippen molar-refractivity contribution in [3.8, 4) is 0 Å². The molecule has 1 aromatic rings. The summed E-state index contributed by atoms with van der Waals surface area (Å²) in [6, 6.07) is 5.16. The number of benzene rings is 1. The number of alkyl halides is 3. The molecule has 0 saturated carbocycles. The van der Waals surface area contributed by atoms with Crippen molar-refractivity contribution in [2.45, 2.75) is 26.1 Å². The zero-order valence-electron chi connectivity index (χ0n) is 10.3. The highest BCUT2D eigenvalue weighted by Crippen LogP contribution is 2.19. The Hall–Kier alpha value is -1.11. The van der Waals surface area contributed by atoms with Gasteiger partial charge >= 0.3 is 6.18 Å². The van der Waals surface area contributed by atoms with Crippen LogP contribution >= 0.6 is 0 Å². The Morgan fingerprint density at radius 3 is 2.44 bits per heavy atom. The molecule has 0 aliphatic carbocycles. The van der Waals surface area contributed by atoms with Gasteiger partial charge in [0.1, 0.15) is 6.61 Å². The van der Waals surface area contributed by atoms with Crippen LogP contribution in [0.4, 0.5) is 13.2 Å². The van der Waals surface area contributed by atoms with Crippen LogP contribution in [0.1, 0.15) is 22.7 Å². The lowest BCUT2D eigenvalue weighted by Crippen LogP contribution is -2.32. The molecule has 1 rings (SSSR count). The Morgan fingerprint density at radius 1 is 1.28 bits per heavy atom. The van der Waals surface area contributed by atoms with Crippen molar-refractivity contribution in [2.24, 2.45) is 5.84 Å². The molecule has 1 aromatic carbocycles. The Kier molecular flexibility index (Phi) is 5.13. The molecule has 0 fully saturated rings. The van der Waals surface area contributed by atoms with E-state index in [2.05, 4.69) is 10.2 Å². The summed E-state index contributed by atoms with van der Waals surface area (Å²) < 4.78 is 40.5. The van der Waals surface area contributed by atoms with Gasteiger partial charge in [-0.25, -0.2) is 0 Å². The summed E-state index contributed by atoms with van der Waals surface area (Å²) in [6.45, 7) is 2.50. The molecule has 102 valence electrons. The zero-order chi connectivity index (χ0) is 13.8. The highest BCUT2D eigenvalue weighted by Gasteiger charge is 2.28. The van der Waals surface area contributed by atoms with E-state index in [4.69, 9.17) is 5.84 Å². The number of hydrazine groups is 1. The Bertz CT molecular complexity index is 393. The highest BCUT2D eigenvalue weighted by molar-refractivity contribution is 5.31. The summed E-state index contributed by atoms with van der Waals surface area (Å²) in [7, 11) is 0. The number of hydrogen-bond acceptors (Lipinski definition) is 3. The summed E-state index contributed by atoms with van der Waals surface area (Å²) in [6.07, 6.45) is -4.32. The second kappa shape index (κ2) is 6.17. The van der Waals surface area contributed by atoms with E-state index in [1.165, 1.54) is 0 Å². The fraction of sp³-hybridized carbons (Fsp3) is 0.500. The predicted octanol–water partition coefficient (Wildman–Crippen LogP) is 2.39. The normalized spacial score (nSPS) is 13.7. The molecule has 0 spiro atoms. The number of aryl methyl sites for hydroxylation is 2. The van der Waals surface area contributed by atoms with E-state index < -0.39 is 18.8 Å². The summed E-state index contributed by atoms with van der Waals surface area (Å²) in [5, 5.41) is 0. The van der Waals surface area contributed by atoms with E-state index in [-0.39, 0.29) is 6.61 Å². The zero-order valence-corrected chi connectivity index (χ0v) is 10.3. The lowest BCUT2D eigenvalue weighted by molar-refractivity contribution is -0.175. The van der Waals surface area contributed by atoms with Gasteiger partial charge in [-0.3, -0.25) is 11.3 Å². The number of hydrogen-bond donors (Lipinski definition) is 2. The molecular formula is C12H17F3N2O. The van der Waals surface area contributed by atoms with Gasteiger partial charge < -0.3 is 4.74 Å². The van der Waals surface area contributed by atoms with Crippen LogP contribution in [0.15, 0.2) is 18.2 Å². The van der Waals surface area contributed by atoms with Crippen molar-refractivity contribution in [3.05, 3.63) is 34.9 Å². The van der Waals surface area contributed by atoms with Crippen molar-refractivity contribution in [1.82, 2.24) is 5.43 Å². The second-order valence-electron chi connectivity index (χ2n) is 4.19. The van der Waals surface area contributed by atoms with E-state index >= 15 is 0 Å². The Balaban J connectivity index is 2.63. The quantitative estimate of drug-likeness (QED) is 0.632. The molecule has 0 aliphatic heterocycles. The Labute approximate surface area is 104 Å². The highest BCUT2D eigenvalue weighted by atomic mass is 19.4. The molecule has 0 heterocycles. The van der Waals surface area contributed by atoms with Gasteiger partial charge in [0, 0.05) is 0 Å². The maximum absolute atomic E-state index is 12.0. The molecular weight excluding hydrogens is 245 g/mol. The lowest BCUT2D eigenvalue weighted by Gasteiger charge is -2.18. The fourth-order valence-corrected chi connectivity index (χ4v) is 1.51. The molecule has 0 amide bonds. The molecule has 6 heteroatoms. The number of nitrogens with one attached hydrogen (secondary N) is 1. The fourth-order valence-electron chi connectivity index (χ4n) is 1.51. The lowest BCUT2D eigenvalue weighted by atomic mass is 10.0. The SMILES string of the molecule is Cc1ccc(C(COCC(F)(F)F)NN)cc1C. The van der Waals surface area contributed by atoms with E-state index in [9.17, 15) is 13.2 Å². The third kappa shape index (κ3) is 4.64. The van der Waals surface area contributed by atoms with Crippen molar-refractivity contribution in [1.29, 1.82) is 0 Å². The first-order valence-electron chi connectivity index (χ1n) is 5.51. The largest absolute Gasteiger partial charge is 0.411 e. The smallest absolute Gasteiger partial charge is 0.370 e. The van der Waals surface area contributed by atoms with Crippen LogP contribution in [0.3, 0.4) is 0 Å². The molecule has 0 aromatic heterocycles. The van der Waals surface area contributed by atoms with Crippen LogP contribution < -0.4 is 11.3 Å². The van der Waals surface area contributed by atoms with Crippen molar-refractivity contribution < 1.29 is 17.9 Å². The van der Waals surface area contributed by atoms with Gasteiger partial charge in [-0.15, -0.1) is 0 Å². The summed E-state index contributed by atoms with van der Waals surface area (Å²) in [5.74, 6) is 5.33. The summed E-state index contributed by atoms with van der Waals surface area (Å²) in [5.41, 5.74) is 5.44. The van der Waals surface area contributed by atoms with Crippen LogP contribution in [0, 0.1) is 13.8 Å². The summed E-state index contributed by atoms with van der Waals surface area (Å²) in [4.78, 5) is 0. The van der Waals surface area contributed by atoms with Crippen molar-refractivity contribution in [3.63, 3.8) is 0 Å². The maximum atomic E-state index is 12.0. The minimum absolute atomic E-state index is 0.126.